The first kappa shape index (κ1) is 19.1. The minimum absolute atomic E-state index is 0.195. The predicted octanol–water partition coefficient (Wildman–Crippen LogP) is 6.03. The van der Waals surface area contributed by atoms with Crippen molar-refractivity contribution in [3.8, 4) is 5.75 Å². The van der Waals surface area contributed by atoms with Gasteiger partial charge in [-0.1, -0.05) is 48.7 Å². The van der Waals surface area contributed by atoms with E-state index in [-0.39, 0.29) is 6.61 Å². The van der Waals surface area contributed by atoms with Gasteiger partial charge in [-0.05, 0) is 54.9 Å². The summed E-state index contributed by atoms with van der Waals surface area (Å²) in [5.41, 5.74) is 0.459. The smallest absolute Gasteiger partial charge is 0.344 e. The molecule has 0 aromatic heterocycles. The van der Waals surface area contributed by atoms with Crippen LogP contribution in [0.1, 0.15) is 39.5 Å². The molecule has 0 unspecified atom stereocenters. The molecule has 1 aromatic rings. The van der Waals surface area contributed by atoms with Crippen molar-refractivity contribution in [3.63, 3.8) is 0 Å². The second-order valence-electron chi connectivity index (χ2n) is 7.69. The van der Waals surface area contributed by atoms with Gasteiger partial charge in [0.15, 0.2) is 6.61 Å². The molecule has 0 N–H and O–H groups in total. The normalized spacial score (nSPS) is 26.7. The topological polar surface area (TPSA) is 35.5 Å². The maximum Gasteiger partial charge on any atom is 0.344 e. The van der Waals surface area contributed by atoms with Crippen LogP contribution in [-0.2, 0) is 9.53 Å². The molecular formula is C19H23Cl3O3. The maximum absolute atomic E-state index is 11.9. The standard InChI is InChI=1S/C19H23Cl3O3/c1-19(2)12-4-3-11(13(19)7-12)5-6-24-18(23)10-25-17-9-15(21)14(20)8-16(17)22/h8-9,11-13H,3-7,10H2,1-2H3/t11-,12+,13-/m0/s1. The number of carbonyl (C=O) groups excluding carboxylic acids is 1. The Kier molecular flexibility index (Phi) is 5.77. The average Bonchev–Trinajstić information content (AvgIpc) is 2.57. The van der Waals surface area contributed by atoms with E-state index in [9.17, 15) is 4.79 Å². The SMILES string of the molecule is CC1(C)[C@@H]2CC[C@@H](CCOC(=O)COc3cc(Cl)c(Cl)cc3Cl)[C@@H]1C2. The molecule has 0 amide bonds. The molecule has 6 heteroatoms. The summed E-state index contributed by atoms with van der Waals surface area (Å²) in [6, 6.07) is 2.99. The number of fused-ring (bicyclic) bond motifs is 2. The molecule has 3 saturated carbocycles. The molecule has 138 valence electrons. The first-order chi connectivity index (χ1) is 11.8. The fourth-order valence-corrected chi connectivity index (χ4v) is 5.02. The molecule has 0 radical (unpaired) electrons. The number of halogens is 3. The van der Waals surface area contributed by atoms with Gasteiger partial charge in [-0.3, -0.25) is 0 Å². The summed E-state index contributed by atoms with van der Waals surface area (Å²) < 4.78 is 10.7. The number of hydrogen-bond donors (Lipinski definition) is 0. The number of benzene rings is 1. The largest absolute Gasteiger partial charge is 0.480 e. The number of carbonyl (C=O) groups is 1. The third-order valence-electron chi connectivity index (χ3n) is 6.07. The number of ether oxygens (including phenoxy) is 2. The lowest BCUT2D eigenvalue weighted by molar-refractivity contribution is -0.148. The monoisotopic (exact) mass is 404 g/mol. The van der Waals surface area contributed by atoms with Crippen LogP contribution in [0.4, 0.5) is 0 Å². The molecule has 3 atom stereocenters. The van der Waals surface area contributed by atoms with Crippen molar-refractivity contribution in [2.75, 3.05) is 13.2 Å². The predicted molar refractivity (Wildman–Crippen MR) is 101 cm³/mol. The third-order valence-corrected chi connectivity index (χ3v) is 7.09. The molecule has 2 bridgehead atoms. The van der Waals surface area contributed by atoms with Gasteiger partial charge in [0.05, 0.1) is 21.7 Å². The van der Waals surface area contributed by atoms with Gasteiger partial charge in [-0.15, -0.1) is 0 Å². The van der Waals surface area contributed by atoms with Crippen LogP contribution in [0.5, 0.6) is 5.75 Å². The van der Waals surface area contributed by atoms with E-state index in [0.29, 0.717) is 38.8 Å². The Balaban J connectivity index is 1.41. The second kappa shape index (κ2) is 7.54. The Labute approximate surface area is 163 Å². The van der Waals surface area contributed by atoms with Crippen molar-refractivity contribution in [2.45, 2.75) is 39.5 Å². The highest BCUT2D eigenvalue weighted by Crippen LogP contribution is 2.61. The Morgan fingerprint density at radius 2 is 1.88 bits per heavy atom. The molecule has 3 nitrogen and oxygen atoms in total. The van der Waals surface area contributed by atoms with Gasteiger partial charge < -0.3 is 9.47 Å². The van der Waals surface area contributed by atoms with Gasteiger partial charge in [0.1, 0.15) is 5.75 Å². The van der Waals surface area contributed by atoms with Crippen LogP contribution in [0.25, 0.3) is 0 Å². The van der Waals surface area contributed by atoms with E-state index >= 15 is 0 Å². The van der Waals surface area contributed by atoms with E-state index in [4.69, 9.17) is 44.3 Å². The van der Waals surface area contributed by atoms with Crippen molar-refractivity contribution in [3.05, 3.63) is 27.2 Å². The summed E-state index contributed by atoms with van der Waals surface area (Å²) in [5, 5.41) is 0.981. The van der Waals surface area contributed by atoms with Crippen LogP contribution in [0, 0.1) is 23.2 Å². The Hall–Kier alpha value is -0.640. The van der Waals surface area contributed by atoms with Crippen molar-refractivity contribution in [1.29, 1.82) is 0 Å². The summed E-state index contributed by atoms with van der Waals surface area (Å²) >= 11 is 17.8. The minimum atomic E-state index is -0.399. The first-order valence-corrected chi connectivity index (χ1v) is 9.85. The average molecular weight is 406 g/mol. The third kappa shape index (κ3) is 4.04. The lowest BCUT2D eigenvalue weighted by Crippen LogP contribution is -2.52. The van der Waals surface area contributed by atoms with Crippen LogP contribution in [0.3, 0.4) is 0 Å². The molecule has 3 aliphatic carbocycles. The number of rotatable bonds is 6. The fraction of sp³-hybridized carbons (Fsp3) is 0.632. The zero-order chi connectivity index (χ0) is 18.2. The molecule has 0 spiro atoms. The van der Waals surface area contributed by atoms with E-state index in [1.54, 1.807) is 0 Å². The highest BCUT2D eigenvalue weighted by Gasteiger charge is 2.53. The lowest BCUT2D eigenvalue weighted by atomic mass is 9.45. The molecule has 3 fully saturated rings. The van der Waals surface area contributed by atoms with Crippen LogP contribution < -0.4 is 4.74 Å². The number of hydrogen-bond acceptors (Lipinski definition) is 3. The van der Waals surface area contributed by atoms with Crippen LogP contribution in [0.15, 0.2) is 12.1 Å². The van der Waals surface area contributed by atoms with Gasteiger partial charge >= 0.3 is 5.97 Å². The molecule has 0 aliphatic heterocycles. The van der Waals surface area contributed by atoms with Crippen LogP contribution in [0.2, 0.25) is 15.1 Å². The highest BCUT2D eigenvalue weighted by atomic mass is 35.5. The van der Waals surface area contributed by atoms with Crippen molar-refractivity contribution in [1.82, 2.24) is 0 Å². The summed E-state index contributed by atoms with van der Waals surface area (Å²) in [7, 11) is 0. The van der Waals surface area contributed by atoms with Gasteiger partial charge in [0, 0.05) is 6.07 Å². The molecule has 1 aromatic carbocycles. The first-order valence-electron chi connectivity index (χ1n) is 8.72. The molecule has 25 heavy (non-hydrogen) atoms. The Morgan fingerprint density at radius 3 is 2.56 bits per heavy atom. The van der Waals surface area contributed by atoms with E-state index < -0.39 is 5.97 Å². The van der Waals surface area contributed by atoms with E-state index in [1.807, 2.05) is 0 Å². The summed E-state index contributed by atoms with van der Waals surface area (Å²) in [5.74, 6) is 2.25. The quantitative estimate of drug-likeness (QED) is 0.428. The van der Waals surface area contributed by atoms with Gasteiger partial charge in [-0.2, -0.15) is 0 Å². The van der Waals surface area contributed by atoms with Gasteiger partial charge in [-0.25, -0.2) is 4.79 Å². The van der Waals surface area contributed by atoms with Gasteiger partial charge in [0.2, 0.25) is 0 Å². The van der Waals surface area contributed by atoms with Crippen LogP contribution >= 0.6 is 34.8 Å². The summed E-state index contributed by atoms with van der Waals surface area (Å²) in [4.78, 5) is 11.9. The zero-order valence-electron chi connectivity index (χ0n) is 14.5. The molecular weight excluding hydrogens is 383 g/mol. The van der Waals surface area contributed by atoms with Crippen molar-refractivity contribution in [2.24, 2.45) is 23.2 Å². The van der Waals surface area contributed by atoms with Crippen molar-refractivity contribution < 1.29 is 14.3 Å². The molecule has 3 aliphatic rings. The van der Waals surface area contributed by atoms with E-state index in [0.717, 1.165) is 18.3 Å². The molecule has 0 saturated heterocycles. The van der Waals surface area contributed by atoms with Crippen molar-refractivity contribution >= 4 is 40.8 Å². The highest BCUT2D eigenvalue weighted by molar-refractivity contribution is 6.43. The Bertz CT molecular complexity index is 658. The second-order valence-corrected chi connectivity index (χ2v) is 8.91. The molecule has 4 rings (SSSR count). The van der Waals surface area contributed by atoms with E-state index in [1.165, 1.54) is 31.4 Å². The van der Waals surface area contributed by atoms with Gasteiger partial charge in [0.25, 0.3) is 0 Å². The Morgan fingerprint density at radius 1 is 1.16 bits per heavy atom. The zero-order valence-corrected chi connectivity index (χ0v) is 16.8. The van der Waals surface area contributed by atoms with Crippen LogP contribution in [-0.4, -0.2) is 19.2 Å². The van der Waals surface area contributed by atoms with E-state index in [2.05, 4.69) is 13.8 Å². The summed E-state index contributed by atoms with van der Waals surface area (Å²) in [6.07, 6.45) is 4.83. The molecule has 0 heterocycles. The number of esters is 1. The fourth-order valence-electron chi connectivity index (χ4n) is 4.43. The lowest BCUT2D eigenvalue weighted by Gasteiger charge is -2.60. The summed E-state index contributed by atoms with van der Waals surface area (Å²) in [6.45, 7) is 5.00. The minimum Gasteiger partial charge on any atom is -0.480 e. The maximum atomic E-state index is 11.9.